The predicted octanol–water partition coefficient (Wildman–Crippen LogP) is 1.84. The fourth-order valence-electron chi connectivity index (χ4n) is 2.48. The number of phenols is 1. The smallest absolute Gasteiger partial charge is 0.115 e. The van der Waals surface area contributed by atoms with Crippen molar-refractivity contribution in [3.8, 4) is 5.75 Å². The summed E-state index contributed by atoms with van der Waals surface area (Å²) < 4.78 is 0. The lowest BCUT2D eigenvalue weighted by molar-refractivity contribution is 0.297. The lowest BCUT2D eigenvalue weighted by atomic mass is 10.2. The van der Waals surface area contributed by atoms with E-state index in [-0.39, 0.29) is 0 Å². The number of fused-ring (bicyclic) bond motifs is 1. The van der Waals surface area contributed by atoms with Gasteiger partial charge in [0.25, 0.3) is 0 Å². The van der Waals surface area contributed by atoms with E-state index < -0.39 is 0 Å². The largest absolute Gasteiger partial charge is 0.508 e. The highest BCUT2D eigenvalue weighted by Gasteiger charge is 2.44. The van der Waals surface area contributed by atoms with Gasteiger partial charge in [0, 0.05) is 19.6 Å². The van der Waals surface area contributed by atoms with Crippen LogP contribution in [0.5, 0.6) is 5.75 Å². The SMILES string of the molecule is Oc1ccc(CN2CC3CC3C2)cc1. The van der Waals surface area contributed by atoms with Crippen molar-refractivity contribution in [3.05, 3.63) is 29.8 Å². The zero-order valence-electron chi connectivity index (χ0n) is 8.19. The van der Waals surface area contributed by atoms with Gasteiger partial charge in [-0.05, 0) is 36.0 Å². The van der Waals surface area contributed by atoms with E-state index in [4.69, 9.17) is 5.11 Å². The summed E-state index contributed by atoms with van der Waals surface area (Å²) in [4.78, 5) is 2.52. The lowest BCUT2D eigenvalue weighted by Gasteiger charge is -2.17. The Bertz CT molecular complexity index is 323. The number of likely N-dealkylation sites (tertiary alicyclic amines) is 1. The van der Waals surface area contributed by atoms with Gasteiger partial charge < -0.3 is 5.11 Å². The average Bonchev–Trinajstić information content (AvgIpc) is 2.79. The van der Waals surface area contributed by atoms with Crippen LogP contribution in [0, 0.1) is 11.8 Å². The third-order valence-corrected chi connectivity index (χ3v) is 3.40. The zero-order chi connectivity index (χ0) is 9.54. The van der Waals surface area contributed by atoms with E-state index in [1.807, 2.05) is 12.1 Å². The molecule has 1 saturated heterocycles. The van der Waals surface area contributed by atoms with Crippen LogP contribution in [-0.4, -0.2) is 23.1 Å². The molecular formula is C12H15NO. The Hall–Kier alpha value is -1.02. The van der Waals surface area contributed by atoms with Crippen molar-refractivity contribution in [2.45, 2.75) is 13.0 Å². The molecule has 0 bridgehead atoms. The third kappa shape index (κ3) is 1.50. The van der Waals surface area contributed by atoms with E-state index in [2.05, 4.69) is 4.90 Å². The van der Waals surface area contributed by atoms with E-state index in [0.717, 1.165) is 18.4 Å². The van der Waals surface area contributed by atoms with Gasteiger partial charge in [-0.1, -0.05) is 12.1 Å². The summed E-state index contributed by atoms with van der Waals surface area (Å²) in [7, 11) is 0. The summed E-state index contributed by atoms with van der Waals surface area (Å²) in [6.07, 6.45) is 1.46. The molecule has 1 aromatic carbocycles. The van der Waals surface area contributed by atoms with E-state index >= 15 is 0 Å². The summed E-state index contributed by atoms with van der Waals surface area (Å²) in [6, 6.07) is 7.57. The standard InChI is InChI=1S/C12H15NO/c14-12-3-1-9(2-4-12)6-13-7-10-5-11(10)8-13/h1-4,10-11,14H,5-8H2. The Balaban J connectivity index is 1.64. The second-order valence-electron chi connectivity index (χ2n) is 4.62. The molecule has 3 rings (SSSR count). The quantitative estimate of drug-likeness (QED) is 0.767. The topological polar surface area (TPSA) is 23.5 Å². The molecule has 74 valence electrons. The minimum absolute atomic E-state index is 0.359. The van der Waals surface area contributed by atoms with Crippen molar-refractivity contribution in [1.82, 2.24) is 4.90 Å². The summed E-state index contributed by atoms with van der Waals surface area (Å²) in [5.74, 6) is 2.37. The molecule has 0 amide bonds. The molecule has 1 aromatic rings. The van der Waals surface area contributed by atoms with Crippen LogP contribution in [0.3, 0.4) is 0 Å². The van der Waals surface area contributed by atoms with Gasteiger partial charge in [0.15, 0.2) is 0 Å². The number of hydrogen-bond donors (Lipinski definition) is 1. The van der Waals surface area contributed by atoms with Gasteiger partial charge in [-0.15, -0.1) is 0 Å². The number of hydrogen-bond acceptors (Lipinski definition) is 2. The minimum Gasteiger partial charge on any atom is -0.508 e. The summed E-state index contributed by atoms with van der Waals surface area (Å²) in [5, 5.41) is 9.15. The van der Waals surface area contributed by atoms with Crippen LogP contribution in [-0.2, 0) is 6.54 Å². The van der Waals surface area contributed by atoms with E-state index in [9.17, 15) is 0 Å². The van der Waals surface area contributed by atoms with Crippen LogP contribution in [0.25, 0.3) is 0 Å². The Morgan fingerprint density at radius 3 is 2.43 bits per heavy atom. The fourth-order valence-corrected chi connectivity index (χ4v) is 2.48. The molecule has 1 aliphatic heterocycles. The molecule has 2 fully saturated rings. The third-order valence-electron chi connectivity index (χ3n) is 3.40. The molecule has 2 aliphatic rings. The first-order chi connectivity index (χ1) is 6.81. The molecule has 0 radical (unpaired) electrons. The van der Waals surface area contributed by atoms with Crippen molar-refractivity contribution >= 4 is 0 Å². The van der Waals surface area contributed by atoms with Gasteiger partial charge in [-0.2, -0.15) is 0 Å². The first-order valence-electron chi connectivity index (χ1n) is 5.31. The van der Waals surface area contributed by atoms with Crippen LogP contribution >= 0.6 is 0 Å². The van der Waals surface area contributed by atoms with Crippen molar-refractivity contribution in [3.63, 3.8) is 0 Å². The highest BCUT2D eigenvalue weighted by molar-refractivity contribution is 5.26. The molecule has 1 heterocycles. The molecular weight excluding hydrogens is 174 g/mol. The van der Waals surface area contributed by atoms with Gasteiger partial charge in [0.1, 0.15) is 5.75 Å². The number of piperidine rings is 1. The van der Waals surface area contributed by atoms with Crippen LogP contribution in [0.15, 0.2) is 24.3 Å². The van der Waals surface area contributed by atoms with Gasteiger partial charge >= 0.3 is 0 Å². The molecule has 2 unspecified atom stereocenters. The maximum atomic E-state index is 9.15. The number of aromatic hydroxyl groups is 1. The second kappa shape index (κ2) is 2.99. The lowest BCUT2D eigenvalue weighted by Crippen LogP contribution is -2.21. The Kier molecular flexibility index (Phi) is 1.77. The number of benzene rings is 1. The summed E-state index contributed by atoms with van der Waals surface area (Å²) in [6.45, 7) is 3.62. The first-order valence-corrected chi connectivity index (χ1v) is 5.31. The Morgan fingerprint density at radius 2 is 1.79 bits per heavy atom. The minimum atomic E-state index is 0.359. The molecule has 0 aromatic heterocycles. The molecule has 14 heavy (non-hydrogen) atoms. The highest BCUT2D eigenvalue weighted by atomic mass is 16.3. The molecule has 0 spiro atoms. The fraction of sp³-hybridized carbons (Fsp3) is 0.500. The van der Waals surface area contributed by atoms with Gasteiger partial charge in [-0.25, -0.2) is 0 Å². The molecule has 1 saturated carbocycles. The van der Waals surface area contributed by atoms with Gasteiger partial charge in [0.05, 0.1) is 0 Å². The Morgan fingerprint density at radius 1 is 1.14 bits per heavy atom. The van der Waals surface area contributed by atoms with Crippen molar-refractivity contribution in [2.24, 2.45) is 11.8 Å². The van der Waals surface area contributed by atoms with Crippen molar-refractivity contribution < 1.29 is 5.11 Å². The predicted molar refractivity (Wildman–Crippen MR) is 55.0 cm³/mol. The van der Waals surface area contributed by atoms with Crippen LogP contribution in [0.2, 0.25) is 0 Å². The molecule has 2 heteroatoms. The van der Waals surface area contributed by atoms with Gasteiger partial charge in [-0.3, -0.25) is 4.90 Å². The second-order valence-corrected chi connectivity index (χ2v) is 4.62. The van der Waals surface area contributed by atoms with Crippen LogP contribution < -0.4 is 0 Å². The van der Waals surface area contributed by atoms with Crippen LogP contribution in [0.4, 0.5) is 0 Å². The van der Waals surface area contributed by atoms with Crippen molar-refractivity contribution in [1.29, 1.82) is 0 Å². The normalized spacial score (nSPS) is 30.3. The highest BCUT2D eigenvalue weighted by Crippen LogP contribution is 2.45. The number of rotatable bonds is 2. The summed E-state index contributed by atoms with van der Waals surface area (Å²) in [5.41, 5.74) is 1.31. The monoisotopic (exact) mass is 189 g/mol. The van der Waals surface area contributed by atoms with E-state index in [0.29, 0.717) is 5.75 Å². The van der Waals surface area contributed by atoms with E-state index in [1.165, 1.54) is 25.1 Å². The number of phenolic OH excluding ortho intramolecular Hbond substituents is 1. The maximum Gasteiger partial charge on any atom is 0.115 e. The molecule has 1 aliphatic carbocycles. The first kappa shape index (κ1) is 8.30. The summed E-state index contributed by atoms with van der Waals surface area (Å²) >= 11 is 0. The molecule has 2 atom stereocenters. The number of nitrogens with zero attached hydrogens (tertiary/aromatic N) is 1. The van der Waals surface area contributed by atoms with Gasteiger partial charge in [0.2, 0.25) is 0 Å². The Labute approximate surface area is 84.2 Å². The molecule has 1 N–H and O–H groups in total. The van der Waals surface area contributed by atoms with E-state index in [1.54, 1.807) is 12.1 Å². The average molecular weight is 189 g/mol. The zero-order valence-corrected chi connectivity index (χ0v) is 8.19. The van der Waals surface area contributed by atoms with Crippen molar-refractivity contribution in [2.75, 3.05) is 13.1 Å². The molecule has 2 nitrogen and oxygen atoms in total. The van der Waals surface area contributed by atoms with Crippen LogP contribution in [0.1, 0.15) is 12.0 Å². The maximum absolute atomic E-state index is 9.15.